The van der Waals surface area contributed by atoms with Crippen LogP contribution in [0.2, 0.25) is 5.02 Å². The molecule has 0 saturated heterocycles. The maximum atomic E-state index is 5.88. The van der Waals surface area contributed by atoms with Crippen molar-refractivity contribution in [2.75, 3.05) is 6.54 Å². The predicted octanol–water partition coefficient (Wildman–Crippen LogP) is 2.33. The molecule has 2 heteroatoms. The second-order valence-electron chi connectivity index (χ2n) is 3.31. The lowest BCUT2D eigenvalue weighted by Gasteiger charge is -2.07. The standard InChI is InChI=1S/C10H12ClN/c11-9-3-4-10-7(5-9)1-2-8(10)6-12/h3-5,8H,1-2,6,12H2. The van der Waals surface area contributed by atoms with E-state index in [1.807, 2.05) is 6.07 Å². The van der Waals surface area contributed by atoms with Crippen LogP contribution in [0.3, 0.4) is 0 Å². The molecule has 1 aromatic carbocycles. The average Bonchev–Trinajstić information content (AvgIpc) is 2.46. The van der Waals surface area contributed by atoms with Gasteiger partial charge in [0, 0.05) is 5.02 Å². The lowest BCUT2D eigenvalue weighted by atomic mass is 10.0. The van der Waals surface area contributed by atoms with E-state index in [1.165, 1.54) is 17.5 Å². The smallest absolute Gasteiger partial charge is 0.0408 e. The second kappa shape index (κ2) is 3.08. The third-order valence-corrected chi connectivity index (χ3v) is 2.83. The van der Waals surface area contributed by atoms with Crippen molar-refractivity contribution < 1.29 is 0 Å². The third kappa shape index (κ3) is 1.23. The molecule has 0 fully saturated rings. The summed E-state index contributed by atoms with van der Waals surface area (Å²) >= 11 is 5.88. The van der Waals surface area contributed by atoms with Crippen molar-refractivity contribution >= 4 is 11.6 Å². The number of halogens is 1. The van der Waals surface area contributed by atoms with Crippen LogP contribution in [-0.4, -0.2) is 6.54 Å². The SMILES string of the molecule is NCC1CCc2cc(Cl)ccc21. The highest BCUT2D eigenvalue weighted by Gasteiger charge is 2.20. The Balaban J connectivity index is 2.40. The minimum absolute atomic E-state index is 0.567. The van der Waals surface area contributed by atoms with Gasteiger partial charge < -0.3 is 5.73 Å². The number of benzene rings is 1. The van der Waals surface area contributed by atoms with E-state index in [0.717, 1.165) is 18.0 Å². The van der Waals surface area contributed by atoms with E-state index in [0.29, 0.717) is 5.92 Å². The van der Waals surface area contributed by atoms with Crippen LogP contribution in [-0.2, 0) is 6.42 Å². The fourth-order valence-electron chi connectivity index (χ4n) is 1.92. The fraction of sp³-hybridized carbons (Fsp3) is 0.400. The molecule has 0 heterocycles. The molecule has 1 nitrogen and oxygen atoms in total. The second-order valence-corrected chi connectivity index (χ2v) is 3.75. The Kier molecular flexibility index (Phi) is 2.07. The lowest BCUT2D eigenvalue weighted by Crippen LogP contribution is -2.08. The van der Waals surface area contributed by atoms with Crippen molar-refractivity contribution in [2.45, 2.75) is 18.8 Å². The van der Waals surface area contributed by atoms with E-state index in [-0.39, 0.29) is 0 Å². The Morgan fingerprint density at radius 2 is 2.33 bits per heavy atom. The molecular weight excluding hydrogens is 170 g/mol. The van der Waals surface area contributed by atoms with Crippen LogP contribution >= 0.6 is 11.6 Å². The van der Waals surface area contributed by atoms with Gasteiger partial charge in [-0.2, -0.15) is 0 Å². The van der Waals surface area contributed by atoms with E-state index in [2.05, 4.69) is 12.1 Å². The van der Waals surface area contributed by atoms with Crippen LogP contribution in [0.1, 0.15) is 23.5 Å². The number of rotatable bonds is 1. The zero-order valence-corrected chi connectivity index (χ0v) is 7.64. The molecular formula is C10H12ClN. The van der Waals surface area contributed by atoms with Crippen molar-refractivity contribution in [3.05, 3.63) is 34.3 Å². The molecule has 2 rings (SSSR count). The van der Waals surface area contributed by atoms with Gasteiger partial charge in [-0.3, -0.25) is 0 Å². The normalized spacial score (nSPS) is 21.0. The first-order valence-corrected chi connectivity index (χ1v) is 4.67. The Labute approximate surface area is 77.5 Å². The van der Waals surface area contributed by atoms with Crippen molar-refractivity contribution in [1.82, 2.24) is 0 Å². The van der Waals surface area contributed by atoms with Crippen molar-refractivity contribution in [3.63, 3.8) is 0 Å². The molecule has 12 heavy (non-hydrogen) atoms. The maximum absolute atomic E-state index is 5.88. The molecule has 0 amide bonds. The summed E-state index contributed by atoms with van der Waals surface area (Å²) in [6, 6.07) is 6.13. The summed E-state index contributed by atoms with van der Waals surface area (Å²) in [6.45, 7) is 0.759. The minimum atomic E-state index is 0.567. The first-order chi connectivity index (χ1) is 5.81. The van der Waals surface area contributed by atoms with Gasteiger partial charge in [-0.1, -0.05) is 17.7 Å². The molecule has 0 bridgehead atoms. The van der Waals surface area contributed by atoms with Crippen LogP contribution in [0.25, 0.3) is 0 Å². The molecule has 0 aromatic heterocycles. The molecule has 1 aliphatic rings. The van der Waals surface area contributed by atoms with Crippen molar-refractivity contribution in [3.8, 4) is 0 Å². The van der Waals surface area contributed by atoms with Crippen LogP contribution < -0.4 is 5.73 Å². The van der Waals surface area contributed by atoms with Gasteiger partial charge in [0.25, 0.3) is 0 Å². The number of hydrogen-bond donors (Lipinski definition) is 1. The Hall–Kier alpha value is -0.530. The Morgan fingerprint density at radius 3 is 3.08 bits per heavy atom. The van der Waals surface area contributed by atoms with Crippen molar-refractivity contribution in [2.24, 2.45) is 5.73 Å². The van der Waals surface area contributed by atoms with Gasteiger partial charge in [0.2, 0.25) is 0 Å². The average molecular weight is 182 g/mol. The van der Waals surface area contributed by atoms with Gasteiger partial charge in [0.1, 0.15) is 0 Å². The Bertz CT molecular complexity index is 296. The summed E-state index contributed by atoms with van der Waals surface area (Å²) in [4.78, 5) is 0. The zero-order chi connectivity index (χ0) is 8.55. The third-order valence-electron chi connectivity index (χ3n) is 2.59. The number of fused-ring (bicyclic) bond motifs is 1. The summed E-state index contributed by atoms with van der Waals surface area (Å²) in [5.74, 6) is 0.567. The molecule has 1 aliphatic carbocycles. The minimum Gasteiger partial charge on any atom is -0.330 e. The highest BCUT2D eigenvalue weighted by molar-refractivity contribution is 6.30. The van der Waals surface area contributed by atoms with Crippen LogP contribution in [0, 0.1) is 0 Å². The Morgan fingerprint density at radius 1 is 1.50 bits per heavy atom. The molecule has 1 aromatic rings. The molecule has 64 valence electrons. The van der Waals surface area contributed by atoms with Gasteiger partial charge in [-0.25, -0.2) is 0 Å². The van der Waals surface area contributed by atoms with E-state index < -0.39 is 0 Å². The summed E-state index contributed by atoms with van der Waals surface area (Å²) in [6.07, 6.45) is 2.32. The predicted molar refractivity (Wildman–Crippen MR) is 51.6 cm³/mol. The summed E-state index contributed by atoms with van der Waals surface area (Å²) in [5, 5.41) is 0.839. The molecule has 0 saturated carbocycles. The van der Waals surface area contributed by atoms with E-state index in [4.69, 9.17) is 17.3 Å². The molecule has 0 aliphatic heterocycles. The van der Waals surface area contributed by atoms with Crippen LogP contribution in [0.4, 0.5) is 0 Å². The molecule has 0 spiro atoms. The largest absolute Gasteiger partial charge is 0.330 e. The fourth-order valence-corrected chi connectivity index (χ4v) is 2.11. The van der Waals surface area contributed by atoms with Gasteiger partial charge >= 0.3 is 0 Å². The van der Waals surface area contributed by atoms with Crippen LogP contribution in [0.5, 0.6) is 0 Å². The first-order valence-electron chi connectivity index (χ1n) is 4.29. The molecule has 2 N–H and O–H groups in total. The zero-order valence-electron chi connectivity index (χ0n) is 6.89. The topological polar surface area (TPSA) is 26.0 Å². The monoisotopic (exact) mass is 181 g/mol. The molecule has 0 radical (unpaired) electrons. The maximum Gasteiger partial charge on any atom is 0.0408 e. The van der Waals surface area contributed by atoms with Gasteiger partial charge in [0.15, 0.2) is 0 Å². The van der Waals surface area contributed by atoms with Gasteiger partial charge in [-0.15, -0.1) is 0 Å². The van der Waals surface area contributed by atoms with E-state index >= 15 is 0 Å². The first kappa shape index (κ1) is 8.09. The van der Waals surface area contributed by atoms with Crippen molar-refractivity contribution in [1.29, 1.82) is 0 Å². The van der Waals surface area contributed by atoms with Crippen LogP contribution in [0.15, 0.2) is 18.2 Å². The van der Waals surface area contributed by atoms with Gasteiger partial charge in [0.05, 0.1) is 0 Å². The van der Waals surface area contributed by atoms with E-state index in [9.17, 15) is 0 Å². The molecule has 1 atom stereocenters. The lowest BCUT2D eigenvalue weighted by molar-refractivity contribution is 0.688. The quantitative estimate of drug-likeness (QED) is 0.707. The summed E-state index contributed by atoms with van der Waals surface area (Å²) in [7, 11) is 0. The number of aryl methyl sites for hydroxylation is 1. The summed E-state index contributed by atoms with van der Waals surface area (Å²) in [5.41, 5.74) is 8.45. The molecule has 1 unspecified atom stereocenters. The number of nitrogens with two attached hydrogens (primary N) is 1. The summed E-state index contributed by atoms with van der Waals surface area (Å²) < 4.78 is 0. The highest BCUT2D eigenvalue weighted by Crippen LogP contribution is 2.33. The van der Waals surface area contributed by atoms with Gasteiger partial charge in [-0.05, 0) is 48.6 Å². The van der Waals surface area contributed by atoms with E-state index in [1.54, 1.807) is 0 Å². The highest BCUT2D eigenvalue weighted by atomic mass is 35.5. The number of hydrogen-bond acceptors (Lipinski definition) is 1.